The molecule has 0 aliphatic rings. The molecule has 0 bridgehead atoms. The maximum absolute atomic E-state index is 9.14. The van der Waals surface area contributed by atoms with Gasteiger partial charge in [-0.3, -0.25) is 0 Å². The Morgan fingerprint density at radius 1 is 1.50 bits per heavy atom. The first-order valence-electron chi connectivity index (χ1n) is 5.27. The van der Waals surface area contributed by atoms with Crippen LogP contribution in [0.3, 0.4) is 0 Å². The van der Waals surface area contributed by atoms with Crippen LogP contribution in [0.1, 0.15) is 36.8 Å². The predicted octanol–water partition coefficient (Wildman–Crippen LogP) is 2.79. The second kappa shape index (κ2) is 6.14. The average Bonchev–Trinajstić information content (AvgIpc) is 2.59. The maximum Gasteiger partial charge on any atom is 0.0797 e. The molecular weight excluding hydrogens is 194 g/mol. The van der Waals surface area contributed by atoms with E-state index < -0.39 is 0 Å². The summed E-state index contributed by atoms with van der Waals surface area (Å²) >= 11 is 1.73. The number of rotatable bonds is 6. The monoisotopic (exact) mass is 213 g/mol. The minimum atomic E-state index is 0.325. The number of nitrogens with zero attached hydrogens (tertiary/aromatic N) is 1. The average molecular weight is 213 g/mol. The van der Waals surface area contributed by atoms with Crippen LogP contribution in [-0.2, 0) is 6.42 Å². The van der Waals surface area contributed by atoms with Crippen LogP contribution in [0.25, 0.3) is 0 Å². The Bertz CT molecular complexity index is 260. The van der Waals surface area contributed by atoms with Crippen LogP contribution in [-0.4, -0.2) is 16.7 Å². The van der Waals surface area contributed by atoms with E-state index in [4.69, 9.17) is 5.11 Å². The molecule has 0 saturated heterocycles. The summed E-state index contributed by atoms with van der Waals surface area (Å²) in [6.45, 7) is 4.55. The number of aliphatic hydroxyl groups is 1. The van der Waals surface area contributed by atoms with Crippen molar-refractivity contribution in [2.75, 3.05) is 6.61 Å². The van der Waals surface area contributed by atoms with Gasteiger partial charge in [0.1, 0.15) is 0 Å². The molecule has 14 heavy (non-hydrogen) atoms. The van der Waals surface area contributed by atoms with E-state index in [1.807, 2.05) is 5.51 Å². The van der Waals surface area contributed by atoms with Crippen molar-refractivity contribution in [2.45, 2.75) is 39.5 Å². The van der Waals surface area contributed by atoms with Crippen molar-refractivity contribution < 1.29 is 5.11 Å². The van der Waals surface area contributed by atoms with E-state index in [-0.39, 0.29) is 0 Å². The molecule has 0 spiro atoms. The Kier molecular flexibility index (Phi) is 5.12. The number of aryl methyl sites for hydroxylation is 2. The normalized spacial score (nSPS) is 13.1. The fraction of sp³-hybridized carbons (Fsp3) is 0.727. The summed E-state index contributed by atoms with van der Waals surface area (Å²) in [7, 11) is 0. The summed E-state index contributed by atoms with van der Waals surface area (Å²) in [5.74, 6) is 0.474. The van der Waals surface area contributed by atoms with Crippen molar-refractivity contribution in [3.63, 3.8) is 0 Å². The van der Waals surface area contributed by atoms with Crippen LogP contribution in [0.15, 0.2) is 5.51 Å². The molecule has 0 aliphatic heterocycles. The number of hydrogen-bond donors (Lipinski definition) is 1. The molecule has 0 saturated carbocycles. The standard InChI is InChI=1S/C11H19NOS/c1-3-4-10(7-13)5-6-11-9(2)12-8-14-11/h8,10,13H,3-7H2,1-2H3. The number of aliphatic hydroxyl groups excluding tert-OH is 1. The lowest BCUT2D eigenvalue weighted by molar-refractivity contribution is 0.210. The van der Waals surface area contributed by atoms with Gasteiger partial charge in [0.15, 0.2) is 0 Å². The Labute approximate surface area is 90.0 Å². The summed E-state index contributed by atoms with van der Waals surface area (Å²) < 4.78 is 0. The van der Waals surface area contributed by atoms with Crippen LogP contribution in [0, 0.1) is 12.8 Å². The van der Waals surface area contributed by atoms with E-state index in [0.29, 0.717) is 12.5 Å². The number of thiazole rings is 1. The van der Waals surface area contributed by atoms with Gasteiger partial charge < -0.3 is 5.11 Å². The molecule has 1 aromatic heterocycles. The van der Waals surface area contributed by atoms with E-state index >= 15 is 0 Å². The third kappa shape index (κ3) is 3.39. The van der Waals surface area contributed by atoms with Gasteiger partial charge in [0.2, 0.25) is 0 Å². The summed E-state index contributed by atoms with van der Waals surface area (Å²) in [5.41, 5.74) is 3.06. The zero-order valence-corrected chi connectivity index (χ0v) is 9.81. The van der Waals surface area contributed by atoms with Crippen LogP contribution < -0.4 is 0 Å². The van der Waals surface area contributed by atoms with Crippen molar-refractivity contribution in [1.29, 1.82) is 0 Å². The van der Waals surface area contributed by atoms with Gasteiger partial charge in [0.05, 0.1) is 11.2 Å². The Morgan fingerprint density at radius 3 is 2.79 bits per heavy atom. The highest BCUT2D eigenvalue weighted by Crippen LogP contribution is 2.19. The van der Waals surface area contributed by atoms with Gasteiger partial charge in [0, 0.05) is 11.5 Å². The summed E-state index contributed by atoms with van der Waals surface area (Å²) in [6, 6.07) is 0. The number of aromatic nitrogens is 1. The van der Waals surface area contributed by atoms with Crippen LogP contribution >= 0.6 is 11.3 Å². The molecule has 1 N–H and O–H groups in total. The fourth-order valence-corrected chi connectivity index (χ4v) is 2.43. The van der Waals surface area contributed by atoms with E-state index in [9.17, 15) is 0 Å². The van der Waals surface area contributed by atoms with Crippen molar-refractivity contribution in [2.24, 2.45) is 5.92 Å². The quantitative estimate of drug-likeness (QED) is 0.788. The third-order valence-corrected chi connectivity index (χ3v) is 3.57. The molecule has 1 atom stereocenters. The van der Waals surface area contributed by atoms with Crippen molar-refractivity contribution >= 4 is 11.3 Å². The van der Waals surface area contributed by atoms with Crippen LogP contribution in [0.5, 0.6) is 0 Å². The zero-order chi connectivity index (χ0) is 10.4. The van der Waals surface area contributed by atoms with Gasteiger partial charge in [0.25, 0.3) is 0 Å². The maximum atomic E-state index is 9.14. The van der Waals surface area contributed by atoms with E-state index in [0.717, 1.165) is 31.4 Å². The molecule has 1 aromatic rings. The van der Waals surface area contributed by atoms with Gasteiger partial charge in [-0.25, -0.2) is 4.98 Å². The second-order valence-electron chi connectivity index (χ2n) is 3.74. The highest BCUT2D eigenvalue weighted by molar-refractivity contribution is 7.09. The molecule has 0 aliphatic carbocycles. The molecule has 1 unspecified atom stereocenters. The van der Waals surface area contributed by atoms with Gasteiger partial charge in [-0.15, -0.1) is 11.3 Å². The highest BCUT2D eigenvalue weighted by Gasteiger charge is 2.08. The van der Waals surface area contributed by atoms with Gasteiger partial charge in [-0.2, -0.15) is 0 Å². The summed E-state index contributed by atoms with van der Waals surface area (Å²) in [4.78, 5) is 5.60. The van der Waals surface area contributed by atoms with E-state index in [1.165, 1.54) is 4.88 Å². The molecule has 2 nitrogen and oxygen atoms in total. The first-order chi connectivity index (χ1) is 6.77. The molecule has 0 aromatic carbocycles. The summed E-state index contributed by atoms with van der Waals surface area (Å²) in [6.07, 6.45) is 4.45. The van der Waals surface area contributed by atoms with Gasteiger partial charge >= 0.3 is 0 Å². The molecule has 0 fully saturated rings. The third-order valence-electron chi connectivity index (χ3n) is 2.58. The molecule has 1 rings (SSSR count). The molecule has 80 valence electrons. The lowest BCUT2D eigenvalue weighted by Gasteiger charge is -2.11. The lowest BCUT2D eigenvalue weighted by atomic mass is 9.98. The molecule has 3 heteroatoms. The minimum Gasteiger partial charge on any atom is -0.396 e. The fourth-order valence-electron chi connectivity index (χ4n) is 1.64. The largest absolute Gasteiger partial charge is 0.396 e. The van der Waals surface area contributed by atoms with Crippen LogP contribution in [0.2, 0.25) is 0 Å². The van der Waals surface area contributed by atoms with E-state index in [2.05, 4.69) is 18.8 Å². The van der Waals surface area contributed by atoms with Crippen molar-refractivity contribution in [1.82, 2.24) is 4.98 Å². The van der Waals surface area contributed by atoms with Gasteiger partial charge in [-0.05, 0) is 32.1 Å². The first-order valence-corrected chi connectivity index (χ1v) is 6.15. The topological polar surface area (TPSA) is 33.1 Å². The Balaban J connectivity index is 2.35. The Morgan fingerprint density at radius 2 is 2.29 bits per heavy atom. The first kappa shape index (κ1) is 11.7. The zero-order valence-electron chi connectivity index (χ0n) is 8.99. The van der Waals surface area contributed by atoms with E-state index in [1.54, 1.807) is 11.3 Å². The summed E-state index contributed by atoms with van der Waals surface area (Å²) in [5, 5.41) is 9.14. The lowest BCUT2D eigenvalue weighted by Crippen LogP contribution is -2.06. The molecular formula is C11H19NOS. The molecule has 1 heterocycles. The Hall–Kier alpha value is -0.410. The minimum absolute atomic E-state index is 0.325. The van der Waals surface area contributed by atoms with Gasteiger partial charge in [-0.1, -0.05) is 13.3 Å². The predicted molar refractivity (Wildman–Crippen MR) is 60.7 cm³/mol. The molecule has 0 amide bonds. The van der Waals surface area contributed by atoms with Crippen LogP contribution in [0.4, 0.5) is 0 Å². The number of hydrogen-bond acceptors (Lipinski definition) is 3. The second-order valence-corrected chi connectivity index (χ2v) is 4.68. The highest BCUT2D eigenvalue weighted by atomic mass is 32.1. The van der Waals surface area contributed by atoms with Crippen molar-refractivity contribution in [3.8, 4) is 0 Å². The smallest absolute Gasteiger partial charge is 0.0797 e. The molecule has 0 radical (unpaired) electrons. The van der Waals surface area contributed by atoms with Crippen molar-refractivity contribution in [3.05, 3.63) is 16.1 Å². The SMILES string of the molecule is CCCC(CO)CCc1scnc1C.